The van der Waals surface area contributed by atoms with Gasteiger partial charge in [-0.25, -0.2) is 0 Å². The van der Waals surface area contributed by atoms with Crippen LogP contribution in [0.4, 0.5) is 0 Å². The van der Waals surface area contributed by atoms with Crippen molar-refractivity contribution in [2.45, 2.75) is 45.3 Å². The normalized spacial score (nSPS) is 13.9. The van der Waals surface area contributed by atoms with Gasteiger partial charge in [-0.3, -0.25) is 19.5 Å². The number of unbranched alkanes of at least 4 members (excludes halogenated alkanes) is 3. The second-order valence-electron chi connectivity index (χ2n) is 10.1. The van der Waals surface area contributed by atoms with E-state index in [1.54, 1.807) is 17.3 Å². The van der Waals surface area contributed by atoms with Crippen LogP contribution in [0.1, 0.15) is 61.2 Å². The number of hydrogen-bond donors (Lipinski definition) is 2. The Morgan fingerprint density at radius 1 is 1.02 bits per heavy atom. The molecule has 0 radical (unpaired) electrons. The van der Waals surface area contributed by atoms with Crippen LogP contribution in [0.15, 0.2) is 73.1 Å². The predicted octanol–water partition coefficient (Wildman–Crippen LogP) is 5.26. The van der Waals surface area contributed by atoms with Gasteiger partial charge in [0.05, 0.1) is 19.8 Å². The van der Waals surface area contributed by atoms with Gasteiger partial charge in [0.25, 0.3) is 12.4 Å². The van der Waals surface area contributed by atoms with E-state index < -0.39 is 6.23 Å². The highest BCUT2D eigenvalue weighted by Crippen LogP contribution is 2.30. The number of pyridine rings is 1. The van der Waals surface area contributed by atoms with Crippen molar-refractivity contribution in [2.75, 3.05) is 46.0 Å². The smallest absolute Gasteiger partial charge is 0.290 e. The largest absolute Gasteiger partial charge is 0.493 e. The van der Waals surface area contributed by atoms with Crippen LogP contribution >= 0.6 is 0 Å². The zero-order valence-electron chi connectivity index (χ0n) is 24.4. The number of carbonyl (C=O) groups is 2. The number of benzene rings is 2. The van der Waals surface area contributed by atoms with E-state index in [-0.39, 0.29) is 12.4 Å². The number of carboxylic acid groups (broad SMARTS) is 1. The Labute approximate surface area is 248 Å². The molecule has 9 nitrogen and oxygen atoms in total. The third-order valence-electron chi connectivity index (χ3n) is 7.11. The average Bonchev–Trinajstić information content (AvgIpc) is 3.04. The zero-order chi connectivity index (χ0) is 30.0. The number of aliphatic hydroxyl groups excluding tert-OH is 1. The van der Waals surface area contributed by atoms with E-state index >= 15 is 0 Å². The molecule has 1 atom stereocenters. The molecule has 1 aromatic heterocycles. The molecule has 3 aromatic rings. The average molecular weight is 578 g/mol. The first-order chi connectivity index (χ1) is 20.6. The molecule has 1 saturated heterocycles. The highest BCUT2D eigenvalue weighted by molar-refractivity contribution is 5.95. The molecule has 2 N–H and O–H groups in total. The lowest BCUT2D eigenvalue weighted by molar-refractivity contribution is -0.122. The molecule has 4 rings (SSSR count). The highest BCUT2D eigenvalue weighted by atomic mass is 16.5. The van der Waals surface area contributed by atoms with Crippen LogP contribution in [0.5, 0.6) is 5.75 Å². The van der Waals surface area contributed by atoms with Crippen LogP contribution in [0, 0.1) is 0 Å². The molecular weight excluding hydrogens is 534 g/mol. The summed E-state index contributed by atoms with van der Waals surface area (Å²) in [5, 5.41) is 18.5. The lowest BCUT2D eigenvalue weighted by Crippen LogP contribution is -2.40. The van der Waals surface area contributed by atoms with Crippen LogP contribution in [-0.2, 0) is 9.53 Å². The molecule has 0 aliphatic carbocycles. The van der Waals surface area contributed by atoms with Crippen molar-refractivity contribution >= 4 is 12.4 Å². The minimum absolute atomic E-state index is 0.208. The first-order valence-electron chi connectivity index (χ1n) is 14.7. The van der Waals surface area contributed by atoms with E-state index in [1.807, 2.05) is 60.7 Å². The zero-order valence-corrected chi connectivity index (χ0v) is 24.4. The Morgan fingerprint density at radius 3 is 2.45 bits per heavy atom. The van der Waals surface area contributed by atoms with Crippen LogP contribution in [0.25, 0.3) is 11.1 Å². The number of para-hydroxylation sites is 1. The van der Waals surface area contributed by atoms with Crippen LogP contribution in [-0.4, -0.2) is 83.4 Å². The number of aliphatic hydroxyl groups is 1. The molecular formula is C33H43N3O6. The van der Waals surface area contributed by atoms with E-state index in [1.165, 1.54) is 12.8 Å². The van der Waals surface area contributed by atoms with Crippen molar-refractivity contribution in [1.82, 2.24) is 14.8 Å². The molecule has 2 aromatic carbocycles. The number of rotatable bonds is 14. The molecule has 0 saturated carbocycles. The molecule has 2 heterocycles. The van der Waals surface area contributed by atoms with Gasteiger partial charge in [0, 0.05) is 49.7 Å². The molecule has 42 heavy (non-hydrogen) atoms. The molecule has 9 heteroatoms. The number of aromatic nitrogens is 1. The lowest BCUT2D eigenvalue weighted by Gasteiger charge is -2.31. The van der Waals surface area contributed by atoms with Gasteiger partial charge in [0.2, 0.25) is 0 Å². The molecule has 226 valence electrons. The molecule has 0 spiro atoms. The maximum atomic E-state index is 13.8. The third kappa shape index (κ3) is 10.2. The number of amides is 1. The maximum absolute atomic E-state index is 13.8. The van der Waals surface area contributed by atoms with E-state index in [4.69, 9.17) is 19.4 Å². The topological polar surface area (TPSA) is 112 Å². The van der Waals surface area contributed by atoms with Gasteiger partial charge in [-0.05, 0) is 48.2 Å². The second-order valence-corrected chi connectivity index (χ2v) is 10.1. The molecule has 1 aliphatic heterocycles. The first-order valence-corrected chi connectivity index (χ1v) is 14.7. The summed E-state index contributed by atoms with van der Waals surface area (Å²) in [7, 11) is 0. The van der Waals surface area contributed by atoms with Crippen molar-refractivity contribution in [3.8, 4) is 16.9 Å². The van der Waals surface area contributed by atoms with Crippen molar-refractivity contribution in [2.24, 2.45) is 0 Å². The van der Waals surface area contributed by atoms with Crippen molar-refractivity contribution in [3.63, 3.8) is 0 Å². The third-order valence-corrected chi connectivity index (χ3v) is 7.11. The van der Waals surface area contributed by atoms with Gasteiger partial charge in [0.1, 0.15) is 5.75 Å². The van der Waals surface area contributed by atoms with Crippen molar-refractivity contribution < 1.29 is 29.3 Å². The van der Waals surface area contributed by atoms with Gasteiger partial charge in [-0.2, -0.15) is 0 Å². The summed E-state index contributed by atoms with van der Waals surface area (Å²) in [6, 6.07) is 18.9. The van der Waals surface area contributed by atoms with Gasteiger partial charge in [0.15, 0.2) is 6.23 Å². The fourth-order valence-corrected chi connectivity index (χ4v) is 4.83. The summed E-state index contributed by atoms with van der Waals surface area (Å²) < 4.78 is 11.5. The monoisotopic (exact) mass is 577 g/mol. The number of carbonyl (C=O) groups excluding carboxylic acids is 1. The van der Waals surface area contributed by atoms with E-state index in [0.29, 0.717) is 30.0 Å². The fraction of sp³-hybridized carbons (Fsp3) is 0.424. The van der Waals surface area contributed by atoms with Gasteiger partial charge in [-0.1, -0.05) is 62.6 Å². The Morgan fingerprint density at radius 2 is 1.76 bits per heavy atom. The summed E-state index contributed by atoms with van der Waals surface area (Å²) in [6.07, 6.45) is 7.59. The number of morpholine rings is 1. The number of hydrogen-bond acceptors (Lipinski definition) is 7. The summed E-state index contributed by atoms with van der Waals surface area (Å²) in [6.45, 7) is 7.03. The van der Waals surface area contributed by atoms with E-state index in [0.717, 1.165) is 63.2 Å². The maximum Gasteiger partial charge on any atom is 0.290 e. The first kappa shape index (κ1) is 32.7. The number of nitrogens with zero attached hydrogens (tertiary/aromatic N) is 3. The summed E-state index contributed by atoms with van der Waals surface area (Å²) in [5.41, 5.74) is 3.12. The Balaban J connectivity index is 0.00000155. The van der Waals surface area contributed by atoms with Gasteiger partial charge >= 0.3 is 0 Å². The van der Waals surface area contributed by atoms with Crippen LogP contribution < -0.4 is 4.74 Å². The van der Waals surface area contributed by atoms with Gasteiger partial charge < -0.3 is 24.6 Å². The second kappa shape index (κ2) is 18.6. The highest BCUT2D eigenvalue weighted by Gasteiger charge is 2.27. The van der Waals surface area contributed by atoms with Crippen LogP contribution in [0.2, 0.25) is 0 Å². The summed E-state index contributed by atoms with van der Waals surface area (Å²) in [5.74, 6) is 0.416. The summed E-state index contributed by atoms with van der Waals surface area (Å²) >= 11 is 0. The van der Waals surface area contributed by atoms with Crippen LogP contribution in [0.3, 0.4) is 0 Å². The van der Waals surface area contributed by atoms with Crippen molar-refractivity contribution in [3.05, 3.63) is 84.2 Å². The Bertz CT molecular complexity index is 1190. The van der Waals surface area contributed by atoms with E-state index in [2.05, 4.69) is 16.8 Å². The minimum atomic E-state index is -1.12. The Kier molecular flexibility index (Phi) is 14.5. The molecule has 1 fully saturated rings. The standard InChI is InChI=1S/C32H41N3O4.CH2O2/c1-2-3-4-7-22-39-30-12-6-5-11-29(30)32(37)35(19-9-18-34-20-23-38-24-21-34)31(36)27-15-13-26(14-16-27)28-10-8-17-33-25-28;2-1-3/h5-6,8,10-17,25,32,37H,2-4,7,9,18-24H2,1H3;1H,(H,2,3). The minimum Gasteiger partial charge on any atom is -0.493 e. The lowest BCUT2D eigenvalue weighted by atomic mass is 10.0. The predicted molar refractivity (Wildman–Crippen MR) is 162 cm³/mol. The SMILES string of the molecule is CCCCCCOc1ccccc1C(O)N(CCCN1CCOCC1)C(=O)c1ccc(-c2cccnc2)cc1.O=CO. The number of ether oxygens (including phenoxy) is 2. The fourth-order valence-electron chi connectivity index (χ4n) is 4.83. The van der Waals surface area contributed by atoms with Gasteiger partial charge in [-0.15, -0.1) is 0 Å². The molecule has 1 aliphatic rings. The quantitative estimate of drug-likeness (QED) is 0.152. The van der Waals surface area contributed by atoms with Crippen molar-refractivity contribution in [1.29, 1.82) is 0 Å². The summed E-state index contributed by atoms with van der Waals surface area (Å²) in [4.78, 5) is 30.3. The Hall–Kier alpha value is -3.79. The molecule has 1 unspecified atom stereocenters. The van der Waals surface area contributed by atoms with E-state index in [9.17, 15) is 9.90 Å². The molecule has 0 bridgehead atoms. The molecule has 1 amide bonds.